The zero-order chi connectivity index (χ0) is 18.3. The SMILES string of the molecule is Cc1c(Cl)cccc1Nc1nc(N)c(C(=O)c2c[nH]c3ccccc23)s1. The molecular weight excluding hydrogens is 368 g/mol. The number of benzene rings is 2. The molecule has 0 radical (unpaired) electrons. The van der Waals surface area contributed by atoms with Gasteiger partial charge in [-0.3, -0.25) is 4.79 Å². The molecule has 130 valence electrons. The topological polar surface area (TPSA) is 83.8 Å². The normalized spacial score (nSPS) is 11.0. The third-order valence-corrected chi connectivity index (χ3v) is 5.60. The van der Waals surface area contributed by atoms with E-state index in [2.05, 4.69) is 15.3 Å². The Morgan fingerprint density at radius 1 is 1.23 bits per heavy atom. The molecule has 5 nitrogen and oxygen atoms in total. The van der Waals surface area contributed by atoms with Crippen LogP contribution in [0.3, 0.4) is 0 Å². The van der Waals surface area contributed by atoms with E-state index in [0.717, 1.165) is 22.2 Å². The quantitative estimate of drug-likeness (QED) is 0.426. The van der Waals surface area contributed by atoms with Crippen molar-refractivity contribution in [3.63, 3.8) is 0 Å². The number of halogens is 1. The molecule has 0 atom stereocenters. The van der Waals surface area contributed by atoms with E-state index in [1.165, 1.54) is 11.3 Å². The second kappa shape index (κ2) is 6.48. The predicted molar refractivity (Wildman–Crippen MR) is 108 cm³/mol. The second-order valence-corrected chi connectivity index (χ2v) is 7.25. The van der Waals surface area contributed by atoms with Crippen molar-refractivity contribution < 1.29 is 4.79 Å². The summed E-state index contributed by atoms with van der Waals surface area (Å²) < 4.78 is 0. The van der Waals surface area contributed by atoms with Crippen molar-refractivity contribution in [2.75, 3.05) is 11.1 Å². The number of nitrogen functional groups attached to an aromatic ring is 1. The number of thiazole rings is 1. The standard InChI is InChI=1S/C19H15ClN4OS/c1-10-13(20)6-4-8-14(10)23-19-24-18(21)17(26-19)16(25)12-9-22-15-7-3-2-5-11(12)15/h2-9,22H,21H2,1H3,(H,23,24). The van der Waals surface area contributed by atoms with Crippen LogP contribution in [0.15, 0.2) is 48.7 Å². The van der Waals surface area contributed by atoms with Gasteiger partial charge in [0, 0.05) is 33.4 Å². The summed E-state index contributed by atoms with van der Waals surface area (Å²) in [5.74, 6) is 0.0702. The number of aromatic amines is 1. The number of rotatable bonds is 4. The Morgan fingerprint density at radius 3 is 2.88 bits per heavy atom. The fourth-order valence-electron chi connectivity index (χ4n) is 2.79. The second-order valence-electron chi connectivity index (χ2n) is 5.85. The summed E-state index contributed by atoms with van der Waals surface area (Å²) in [7, 11) is 0. The van der Waals surface area contributed by atoms with E-state index in [0.29, 0.717) is 20.6 Å². The molecule has 0 aliphatic carbocycles. The Hall–Kier alpha value is -2.83. The fourth-order valence-corrected chi connectivity index (χ4v) is 3.81. The number of ketones is 1. The monoisotopic (exact) mass is 382 g/mol. The molecule has 2 heterocycles. The first-order valence-electron chi connectivity index (χ1n) is 7.94. The van der Waals surface area contributed by atoms with Crippen LogP contribution in [0, 0.1) is 6.92 Å². The molecule has 26 heavy (non-hydrogen) atoms. The van der Waals surface area contributed by atoms with Crippen molar-refractivity contribution in [1.29, 1.82) is 0 Å². The third-order valence-electron chi connectivity index (χ3n) is 4.20. The maximum Gasteiger partial charge on any atom is 0.208 e. The molecule has 2 aromatic heterocycles. The first-order chi connectivity index (χ1) is 12.5. The van der Waals surface area contributed by atoms with Gasteiger partial charge in [-0.25, -0.2) is 4.98 Å². The van der Waals surface area contributed by atoms with Gasteiger partial charge in [0.2, 0.25) is 5.78 Å². The first kappa shape index (κ1) is 16.6. The minimum atomic E-state index is -0.145. The van der Waals surface area contributed by atoms with Crippen LogP contribution in [-0.2, 0) is 0 Å². The average Bonchev–Trinajstić information content (AvgIpc) is 3.22. The van der Waals surface area contributed by atoms with E-state index in [-0.39, 0.29) is 11.6 Å². The van der Waals surface area contributed by atoms with Crippen molar-refractivity contribution in [1.82, 2.24) is 9.97 Å². The molecule has 0 fully saturated rings. The van der Waals surface area contributed by atoms with Crippen molar-refractivity contribution >= 4 is 56.3 Å². The molecule has 0 aliphatic rings. The molecule has 4 N–H and O–H groups in total. The van der Waals surface area contributed by atoms with E-state index in [9.17, 15) is 4.79 Å². The van der Waals surface area contributed by atoms with Gasteiger partial charge in [0.15, 0.2) is 5.13 Å². The van der Waals surface area contributed by atoms with Crippen molar-refractivity contribution in [2.24, 2.45) is 0 Å². The van der Waals surface area contributed by atoms with Crippen molar-refractivity contribution in [2.45, 2.75) is 6.92 Å². The van der Waals surface area contributed by atoms with Crippen LogP contribution in [-0.4, -0.2) is 15.8 Å². The Balaban J connectivity index is 1.68. The summed E-state index contributed by atoms with van der Waals surface area (Å²) in [6, 6.07) is 13.2. The van der Waals surface area contributed by atoms with E-state index < -0.39 is 0 Å². The number of carbonyl (C=O) groups is 1. The molecule has 0 bridgehead atoms. The Bertz CT molecular complexity index is 1130. The van der Waals surface area contributed by atoms with Crippen molar-refractivity contribution in [3.8, 4) is 0 Å². The van der Waals surface area contributed by atoms with Crippen LogP contribution < -0.4 is 11.1 Å². The fraction of sp³-hybridized carbons (Fsp3) is 0.0526. The summed E-state index contributed by atoms with van der Waals surface area (Å²) in [5, 5.41) is 5.27. The van der Waals surface area contributed by atoms with Gasteiger partial charge in [0.25, 0.3) is 0 Å². The lowest BCUT2D eigenvalue weighted by Gasteiger charge is -2.07. The number of para-hydroxylation sites is 1. The largest absolute Gasteiger partial charge is 0.382 e. The first-order valence-corrected chi connectivity index (χ1v) is 9.13. The lowest BCUT2D eigenvalue weighted by molar-refractivity contribution is 0.104. The number of fused-ring (bicyclic) bond motifs is 1. The van der Waals surface area contributed by atoms with Gasteiger partial charge in [-0.05, 0) is 30.7 Å². The zero-order valence-electron chi connectivity index (χ0n) is 13.8. The average molecular weight is 383 g/mol. The van der Waals surface area contributed by atoms with Crippen LogP contribution in [0.1, 0.15) is 20.8 Å². The molecular formula is C19H15ClN4OS. The van der Waals surface area contributed by atoms with E-state index in [1.54, 1.807) is 6.20 Å². The Morgan fingerprint density at radius 2 is 2.04 bits per heavy atom. The number of H-pyrrole nitrogens is 1. The highest BCUT2D eigenvalue weighted by Crippen LogP contribution is 2.33. The summed E-state index contributed by atoms with van der Waals surface area (Å²) in [4.78, 5) is 20.8. The van der Waals surface area contributed by atoms with Crippen LogP contribution in [0.25, 0.3) is 10.9 Å². The summed E-state index contributed by atoms with van der Waals surface area (Å²) in [6.07, 6.45) is 1.71. The van der Waals surface area contributed by atoms with Gasteiger partial charge >= 0.3 is 0 Å². The number of nitrogens with zero attached hydrogens (tertiary/aromatic N) is 1. The highest BCUT2D eigenvalue weighted by Gasteiger charge is 2.21. The summed E-state index contributed by atoms with van der Waals surface area (Å²) in [6.45, 7) is 1.92. The molecule has 0 amide bonds. The minimum Gasteiger partial charge on any atom is -0.382 e. The molecule has 0 saturated carbocycles. The Labute approximate surface area is 158 Å². The number of nitrogens with two attached hydrogens (primary N) is 1. The molecule has 0 spiro atoms. The van der Waals surface area contributed by atoms with Gasteiger partial charge in [-0.2, -0.15) is 0 Å². The van der Waals surface area contributed by atoms with Gasteiger partial charge in [-0.1, -0.05) is 47.2 Å². The number of aromatic nitrogens is 2. The van der Waals surface area contributed by atoms with E-state index in [4.69, 9.17) is 17.3 Å². The maximum absolute atomic E-state index is 13.0. The lowest BCUT2D eigenvalue weighted by Crippen LogP contribution is -2.01. The van der Waals surface area contributed by atoms with Gasteiger partial charge < -0.3 is 16.0 Å². The smallest absolute Gasteiger partial charge is 0.208 e. The molecule has 4 aromatic rings. The van der Waals surface area contributed by atoms with Gasteiger partial charge in [-0.15, -0.1) is 0 Å². The van der Waals surface area contributed by atoms with Crippen LogP contribution in [0.2, 0.25) is 5.02 Å². The highest BCUT2D eigenvalue weighted by molar-refractivity contribution is 7.18. The third kappa shape index (κ3) is 2.83. The molecule has 0 saturated heterocycles. The summed E-state index contributed by atoms with van der Waals surface area (Å²) in [5.41, 5.74) is 9.25. The molecule has 0 aliphatic heterocycles. The minimum absolute atomic E-state index is 0.145. The highest BCUT2D eigenvalue weighted by atomic mass is 35.5. The summed E-state index contributed by atoms with van der Waals surface area (Å²) >= 11 is 7.38. The number of anilines is 3. The molecule has 0 unspecified atom stereocenters. The molecule has 7 heteroatoms. The lowest BCUT2D eigenvalue weighted by atomic mass is 10.1. The maximum atomic E-state index is 13.0. The van der Waals surface area contributed by atoms with Crippen LogP contribution >= 0.6 is 22.9 Å². The van der Waals surface area contributed by atoms with Crippen molar-refractivity contribution in [3.05, 3.63) is 69.7 Å². The molecule has 2 aromatic carbocycles. The molecule has 4 rings (SSSR count). The van der Waals surface area contributed by atoms with Gasteiger partial charge in [0.05, 0.1) is 0 Å². The number of hydrogen-bond donors (Lipinski definition) is 3. The van der Waals surface area contributed by atoms with E-state index in [1.807, 2.05) is 49.4 Å². The van der Waals surface area contributed by atoms with Gasteiger partial charge in [0.1, 0.15) is 10.7 Å². The predicted octanol–water partition coefficient (Wildman–Crippen LogP) is 5.14. The van der Waals surface area contributed by atoms with Crippen LogP contribution in [0.4, 0.5) is 16.6 Å². The van der Waals surface area contributed by atoms with E-state index >= 15 is 0 Å². The number of carbonyl (C=O) groups excluding carboxylic acids is 1. The number of hydrogen-bond acceptors (Lipinski definition) is 5. The number of nitrogens with one attached hydrogen (secondary N) is 2. The van der Waals surface area contributed by atoms with Crippen LogP contribution in [0.5, 0.6) is 0 Å². The zero-order valence-corrected chi connectivity index (χ0v) is 15.4. The Kier molecular flexibility index (Phi) is 4.14.